The number of rotatable bonds is 14. The fourth-order valence-corrected chi connectivity index (χ4v) is 3.35. The minimum Gasteiger partial charge on any atom is -0.462 e. The van der Waals surface area contributed by atoms with Gasteiger partial charge in [-0.2, -0.15) is 0 Å². The molecule has 0 aliphatic heterocycles. The van der Waals surface area contributed by atoms with Crippen molar-refractivity contribution >= 4 is 29.2 Å². The molecule has 0 unspecified atom stereocenters. The maximum atomic E-state index is 13.2. The van der Waals surface area contributed by atoms with Gasteiger partial charge in [-0.15, -0.1) is 6.58 Å². The van der Waals surface area contributed by atoms with Crippen molar-refractivity contribution in [3.63, 3.8) is 0 Å². The van der Waals surface area contributed by atoms with Crippen LogP contribution in [0.4, 0.5) is 11.4 Å². The Balaban J connectivity index is 2.35. The van der Waals surface area contributed by atoms with Crippen molar-refractivity contribution in [2.75, 3.05) is 36.6 Å². The number of benzene rings is 2. The molecule has 0 heterocycles. The van der Waals surface area contributed by atoms with Gasteiger partial charge in [0.25, 0.3) is 11.8 Å². The first-order valence-corrected chi connectivity index (χ1v) is 12.2. The van der Waals surface area contributed by atoms with E-state index in [4.69, 9.17) is 9.47 Å². The third-order valence-corrected chi connectivity index (χ3v) is 5.23. The second kappa shape index (κ2) is 15.3. The smallest absolute Gasteiger partial charge is 0.340 e. The molecule has 0 atom stereocenters. The number of ether oxygens (including phenoxy) is 2. The zero-order valence-corrected chi connectivity index (χ0v) is 21.4. The summed E-state index contributed by atoms with van der Waals surface area (Å²) in [4.78, 5) is 40.2. The van der Waals surface area contributed by atoms with Crippen LogP contribution in [0.1, 0.15) is 60.7 Å². The summed E-state index contributed by atoms with van der Waals surface area (Å²) in [5, 5.41) is 2.84. The average molecular weight is 493 g/mol. The summed E-state index contributed by atoms with van der Waals surface area (Å²) in [5.74, 6) is -1.14. The molecular weight excluding hydrogens is 456 g/mol. The molecule has 36 heavy (non-hydrogen) atoms. The standard InChI is InChI=1S/C29H36N2O5/c1-5-7-8-12-19-35-21-27(32)31(18-17-22(3)4)26-20-24(15-16-25(26)29(34)36-6-2)30-28(33)23-13-10-9-11-14-23/h5,9-11,13-17,20H,1,6-8,12,18-19,21H2,2-4H3,(H,30,33). The van der Waals surface area contributed by atoms with Crippen molar-refractivity contribution in [2.24, 2.45) is 0 Å². The van der Waals surface area contributed by atoms with E-state index >= 15 is 0 Å². The van der Waals surface area contributed by atoms with Gasteiger partial charge in [-0.3, -0.25) is 9.59 Å². The second-order valence-corrected chi connectivity index (χ2v) is 8.40. The third-order valence-electron chi connectivity index (χ3n) is 5.23. The first-order chi connectivity index (χ1) is 17.4. The molecule has 0 aliphatic rings. The lowest BCUT2D eigenvalue weighted by atomic mass is 10.1. The van der Waals surface area contributed by atoms with Crippen LogP contribution < -0.4 is 10.2 Å². The molecule has 2 amide bonds. The molecule has 2 aromatic rings. The molecule has 0 aromatic heterocycles. The molecule has 0 bridgehead atoms. The highest BCUT2D eigenvalue weighted by molar-refractivity contribution is 6.07. The number of allylic oxidation sites excluding steroid dienone is 2. The summed E-state index contributed by atoms with van der Waals surface area (Å²) in [6.45, 7) is 10.0. The van der Waals surface area contributed by atoms with Crippen LogP contribution in [0.2, 0.25) is 0 Å². The van der Waals surface area contributed by atoms with Crippen LogP contribution in [-0.2, 0) is 14.3 Å². The zero-order valence-electron chi connectivity index (χ0n) is 21.4. The first kappa shape index (κ1) is 28.5. The van der Waals surface area contributed by atoms with Gasteiger partial charge in [-0.25, -0.2) is 4.79 Å². The topological polar surface area (TPSA) is 84.9 Å². The van der Waals surface area contributed by atoms with Gasteiger partial charge in [-0.1, -0.05) is 35.9 Å². The summed E-state index contributed by atoms with van der Waals surface area (Å²) in [6, 6.07) is 13.6. The highest BCUT2D eigenvalue weighted by Gasteiger charge is 2.23. The molecule has 0 radical (unpaired) electrons. The van der Waals surface area contributed by atoms with Crippen molar-refractivity contribution in [1.82, 2.24) is 0 Å². The number of carbonyl (C=O) groups excluding carboxylic acids is 3. The lowest BCUT2D eigenvalue weighted by Gasteiger charge is -2.25. The quantitative estimate of drug-likeness (QED) is 0.205. The molecule has 2 aromatic carbocycles. The fourth-order valence-electron chi connectivity index (χ4n) is 3.35. The molecule has 192 valence electrons. The molecule has 0 saturated carbocycles. The van der Waals surface area contributed by atoms with Crippen molar-refractivity contribution in [2.45, 2.75) is 40.0 Å². The minimum atomic E-state index is -0.547. The summed E-state index contributed by atoms with van der Waals surface area (Å²) in [5.41, 5.74) is 2.54. The maximum Gasteiger partial charge on any atom is 0.340 e. The Hall–Kier alpha value is -3.71. The van der Waals surface area contributed by atoms with Crippen LogP contribution in [0.3, 0.4) is 0 Å². The molecular formula is C29H36N2O5. The van der Waals surface area contributed by atoms with E-state index < -0.39 is 5.97 Å². The zero-order chi connectivity index (χ0) is 26.3. The maximum absolute atomic E-state index is 13.2. The van der Waals surface area contributed by atoms with Gasteiger partial charge >= 0.3 is 5.97 Å². The van der Waals surface area contributed by atoms with Gasteiger partial charge in [0.1, 0.15) is 6.61 Å². The Morgan fingerprint density at radius 2 is 1.81 bits per heavy atom. The lowest BCUT2D eigenvalue weighted by Crippen LogP contribution is -2.36. The lowest BCUT2D eigenvalue weighted by molar-refractivity contribution is -0.123. The van der Waals surface area contributed by atoms with Crippen LogP contribution in [0.15, 0.2) is 72.8 Å². The number of hydrogen-bond acceptors (Lipinski definition) is 5. The Kier molecular flexibility index (Phi) is 12.1. The SMILES string of the molecule is C=CCCCCOCC(=O)N(CC=C(C)C)c1cc(NC(=O)c2ccccc2)ccc1C(=O)OCC. The number of carbonyl (C=O) groups is 3. The Morgan fingerprint density at radius 3 is 2.47 bits per heavy atom. The summed E-state index contributed by atoms with van der Waals surface area (Å²) < 4.78 is 10.9. The van der Waals surface area contributed by atoms with Crippen molar-refractivity contribution in [3.05, 3.63) is 84.0 Å². The van der Waals surface area contributed by atoms with E-state index in [1.165, 1.54) is 4.90 Å². The number of anilines is 2. The van der Waals surface area contributed by atoms with E-state index in [1.54, 1.807) is 49.4 Å². The highest BCUT2D eigenvalue weighted by atomic mass is 16.5. The second-order valence-electron chi connectivity index (χ2n) is 8.40. The molecule has 0 aliphatic carbocycles. The number of esters is 1. The molecule has 1 N–H and O–H groups in total. The van der Waals surface area contributed by atoms with E-state index in [1.807, 2.05) is 32.1 Å². The van der Waals surface area contributed by atoms with E-state index in [9.17, 15) is 14.4 Å². The van der Waals surface area contributed by atoms with Gasteiger partial charge in [0.2, 0.25) is 0 Å². The van der Waals surface area contributed by atoms with Gasteiger partial charge in [0.15, 0.2) is 0 Å². The van der Waals surface area contributed by atoms with Crippen LogP contribution in [0, 0.1) is 0 Å². The summed E-state index contributed by atoms with van der Waals surface area (Å²) >= 11 is 0. The highest BCUT2D eigenvalue weighted by Crippen LogP contribution is 2.27. The monoisotopic (exact) mass is 492 g/mol. The molecule has 7 nitrogen and oxygen atoms in total. The Morgan fingerprint density at radius 1 is 1.06 bits per heavy atom. The Bertz CT molecular complexity index is 1060. The van der Waals surface area contributed by atoms with Gasteiger partial charge in [0.05, 0.1) is 17.9 Å². The molecule has 7 heteroatoms. The van der Waals surface area contributed by atoms with Crippen molar-refractivity contribution < 1.29 is 23.9 Å². The number of nitrogens with one attached hydrogen (secondary N) is 1. The fraction of sp³-hybridized carbons (Fsp3) is 0.345. The van der Waals surface area contributed by atoms with Crippen molar-refractivity contribution in [1.29, 1.82) is 0 Å². The number of hydrogen-bond donors (Lipinski definition) is 1. The van der Waals surface area contributed by atoms with E-state index in [0.29, 0.717) is 23.5 Å². The van der Waals surface area contributed by atoms with Crippen LogP contribution in [0.25, 0.3) is 0 Å². The minimum absolute atomic E-state index is 0.131. The van der Waals surface area contributed by atoms with Gasteiger partial charge in [0, 0.05) is 24.4 Å². The predicted molar refractivity (Wildman–Crippen MR) is 143 cm³/mol. The van der Waals surface area contributed by atoms with Crippen LogP contribution in [0.5, 0.6) is 0 Å². The van der Waals surface area contributed by atoms with E-state index in [2.05, 4.69) is 11.9 Å². The van der Waals surface area contributed by atoms with Crippen molar-refractivity contribution in [3.8, 4) is 0 Å². The predicted octanol–water partition coefficient (Wildman–Crippen LogP) is 5.79. The van der Waals surface area contributed by atoms with E-state index in [0.717, 1.165) is 24.8 Å². The summed E-state index contributed by atoms with van der Waals surface area (Å²) in [7, 11) is 0. The molecule has 0 saturated heterocycles. The van der Waals surface area contributed by atoms with E-state index in [-0.39, 0.29) is 37.1 Å². The summed E-state index contributed by atoms with van der Waals surface area (Å²) in [6.07, 6.45) is 6.41. The third kappa shape index (κ3) is 9.15. The number of unbranched alkanes of at least 4 members (excludes halogenated alkanes) is 2. The van der Waals surface area contributed by atoms with Gasteiger partial charge < -0.3 is 19.7 Å². The molecule has 0 spiro atoms. The molecule has 2 rings (SSSR count). The average Bonchev–Trinajstić information content (AvgIpc) is 2.87. The number of nitrogens with zero attached hydrogens (tertiary/aromatic N) is 1. The van der Waals surface area contributed by atoms with Gasteiger partial charge in [-0.05, 0) is 70.4 Å². The molecule has 0 fully saturated rings. The number of amides is 2. The largest absolute Gasteiger partial charge is 0.462 e. The van der Waals surface area contributed by atoms with Crippen LogP contribution in [-0.4, -0.2) is 44.1 Å². The Labute approximate surface area is 213 Å². The van der Waals surface area contributed by atoms with Crippen LogP contribution >= 0.6 is 0 Å². The normalized spacial score (nSPS) is 10.3. The first-order valence-electron chi connectivity index (χ1n) is 12.2.